The van der Waals surface area contributed by atoms with Crippen molar-refractivity contribution < 1.29 is 8.42 Å². The van der Waals surface area contributed by atoms with Gasteiger partial charge in [-0.2, -0.15) is 0 Å². The summed E-state index contributed by atoms with van der Waals surface area (Å²) in [5.74, 6) is 0. The fourth-order valence-electron chi connectivity index (χ4n) is 2.89. The summed E-state index contributed by atoms with van der Waals surface area (Å²) in [7, 11) is -3.49. The van der Waals surface area contributed by atoms with Gasteiger partial charge in [-0.3, -0.25) is 0 Å². The number of sulfonamides is 1. The Balaban J connectivity index is 1.86. The molecule has 0 aliphatic heterocycles. The molecule has 22 heavy (non-hydrogen) atoms. The highest BCUT2D eigenvalue weighted by Crippen LogP contribution is 2.31. The summed E-state index contributed by atoms with van der Waals surface area (Å²) < 4.78 is 28.1. The molecule has 1 unspecified atom stereocenters. The van der Waals surface area contributed by atoms with Gasteiger partial charge in [0.15, 0.2) is 0 Å². The quantitative estimate of drug-likeness (QED) is 0.867. The number of nitrogens with one attached hydrogen (secondary N) is 1. The highest BCUT2D eigenvalue weighted by molar-refractivity contribution is 7.98. The van der Waals surface area contributed by atoms with E-state index in [0.717, 1.165) is 29.7 Å². The largest absolute Gasteiger partial charge is 0.241 e. The predicted molar refractivity (Wildman–Crippen MR) is 90.7 cm³/mol. The van der Waals surface area contributed by atoms with Gasteiger partial charge in [-0.1, -0.05) is 24.3 Å². The lowest BCUT2D eigenvalue weighted by Crippen LogP contribution is -2.31. The molecule has 2 aromatic carbocycles. The number of aryl methyl sites for hydroxylation is 1. The fourth-order valence-corrected chi connectivity index (χ4v) is 4.54. The summed E-state index contributed by atoms with van der Waals surface area (Å²) in [5.41, 5.74) is 2.36. The van der Waals surface area contributed by atoms with Crippen LogP contribution in [-0.2, 0) is 16.4 Å². The zero-order chi connectivity index (χ0) is 15.6. The Morgan fingerprint density at radius 1 is 1.09 bits per heavy atom. The van der Waals surface area contributed by atoms with E-state index >= 15 is 0 Å². The van der Waals surface area contributed by atoms with Crippen LogP contribution in [0.5, 0.6) is 0 Å². The van der Waals surface area contributed by atoms with Crippen LogP contribution in [0.25, 0.3) is 0 Å². The lowest BCUT2D eigenvalue weighted by Gasteiger charge is -2.26. The van der Waals surface area contributed by atoms with Crippen LogP contribution in [0.15, 0.2) is 58.3 Å². The molecule has 0 saturated heterocycles. The molecule has 1 aliphatic carbocycles. The normalized spacial score (nSPS) is 18.0. The van der Waals surface area contributed by atoms with Crippen molar-refractivity contribution in [3.8, 4) is 0 Å². The van der Waals surface area contributed by atoms with E-state index in [-0.39, 0.29) is 6.04 Å². The maximum absolute atomic E-state index is 12.6. The van der Waals surface area contributed by atoms with E-state index in [1.165, 1.54) is 5.56 Å². The van der Waals surface area contributed by atoms with Crippen molar-refractivity contribution >= 4 is 21.8 Å². The van der Waals surface area contributed by atoms with Crippen molar-refractivity contribution in [2.75, 3.05) is 6.26 Å². The molecule has 5 heteroatoms. The average molecular weight is 333 g/mol. The summed E-state index contributed by atoms with van der Waals surface area (Å²) in [4.78, 5) is 1.38. The Hall–Kier alpha value is -1.30. The summed E-state index contributed by atoms with van der Waals surface area (Å²) in [6.45, 7) is 0. The molecule has 0 saturated carbocycles. The molecule has 3 nitrogen and oxygen atoms in total. The molecule has 0 bridgehead atoms. The van der Waals surface area contributed by atoms with Crippen LogP contribution in [-0.4, -0.2) is 14.7 Å². The number of rotatable bonds is 4. The van der Waals surface area contributed by atoms with Crippen LogP contribution in [0.2, 0.25) is 0 Å². The van der Waals surface area contributed by atoms with Crippen LogP contribution < -0.4 is 4.72 Å². The third-order valence-electron chi connectivity index (χ3n) is 4.04. The Bertz CT molecular complexity index is 754. The van der Waals surface area contributed by atoms with Crippen molar-refractivity contribution in [1.29, 1.82) is 0 Å². The SMILES string of the molecule is CSc1ccc(S(=O)(=O)NC2CCCc3ccccc32)cc1. The van der Waals surface area contributed by atoms with Gasteiger partial charge in [0.2, 0.25) is 10.0 Å². The highest BCUT2D eigenvalue weighted by Gasteiger charge is 2.25. The van der Waals surface area contributed by atoms with Crippen molar-refractivity contribution in [2.45, 2.75) is 35.1 Å². The van der Waals surface area contributed by atoms with Gasteiger partial charge in [0.05, 0.1) is 4.90 Å². The van der Waals surface area contributed by atoms with E-state index in [9.17, 15) is 8.42 Å². The van der Waals surface area contributed by atoms with Gasteiger partial charge in [0.1, 0.15) is 0 Å². The highest BCUT2D eigenvalue weighted by atomic mass is 32.2. The summed E-state index contributed by atoms with van der Waals surface area (Å²) in [5, 5.41) is 0. The maximum Gasteiger partial charge on any atom is 0.241 e. The first-order valence-electron chi connectivity index (χ1n) is 7.34. The van der Waals surface area contributed by atoms with Gasteiger partial charge >= 0.3 is 0 Å². The second kappa shape index (κ2) is 6.44. The van der Waals surface area contributed by atoms with Crippen molar-refractivity contribution in [1.82, 2.24) is 4.72 Å². The molecular formula is C17H19NO2S2. The van der Waals surface area contributed by atoms with E-state index in [0.29, 0.717) is 4.90 Å². The van der Waals surface area contributed by atoms with Gasteiger partial charge in [-0.05, 0) is 60.9 Å². The Morgan fingerprint density at radius 2 is 1.82 bits per heavy atom. The van der Waals surface area contributed by atoms with E-state index < -0.39 is 10.0 Å². The molecule has 1 atom stereocenters. The summed E-state index contributed by atoms with van der Waals surface area (Å²) in [6, 6.07) is 15.0. The van der Waals surface area contributed by atoms with Gasteiger partial charge in [0, 0.05) is 10.9 Å². The molecule has 0 amide bonds. The summed E-state index contributed by atoms with van der Waals surface area (Å²) in [6.07, 6.45) is 4.85. The summed E-state index contributed by atoms with van der Waals surface area (Å²) >= 11 is 1.60. The van der Waals surface area contributed by atoms with Crippen molar-refractivity contribution in [3.63, 3.8) is 0 Å². The smallest absolute Gasteiger partial charge is 0.207 e. The first kappa shape index (κ1) is 15.6. The van der Waals surface area contributed by atoms with Gasteiger partial charge in [-0.15, -0.1) is 11.8 Å². The lowest BCUT2D eigenvalue weighted by molar-refractivity contribution is 0.507. The molecule has 0 spiro atoms. The third-order valence-corrected chi connectivity index (χ3v) is 6.27. The van der Waals surface area contributed by atoms with Crippen molar-refractivity contribution in [3.05, 3.63) is 59.7 Å². The van der Waals surface area contributed by atoms with Crippen molar-refractivity contribution in [2.24, 2.45) is 0 Å². The van der Waals surface area contributed by atoms with Crippen LogP contribution in [0.3, 0.4) is 0 Å². The second-order valence-electron chi connectivity index (χ2n) is 5.44. The molecule has 0 heterocycles. The molecule has 2 aromatic rings. The molecular weight excluding hydrogens is 314 g/mol. The van der Waals surface area contributed by atoms with Crippen LogP contribution in [0.1, 0.15) is 30.0 Å². The minimum absolute atomic E-state index is 0.129. The molecule has 1 aliphatic rings. The first-order valence-corrected chi connectivity index (χ1v) is 10.0. The Morgan fingerprint density at radius 3 is 2.55 bits per heavy atom. The lowest BCUT2D eigenvalue weighted by atomic mass is 9.88. The minimum atomic E-state index is -3.49. The van der Waals surface area contributed by atoms with Crippen LogP contribution in [0, 0.1) is 0 Å². The third kappa shape index (κ3) is 3.21. The number of hydrogen-bond donors (Lipinski definition) is 1. The Kier molecular flexibility index (Phi) is 4.57. The zero-order valence-corrected chi connectivity index (χ0v) is 14.1. The number of benzene rings is 2. The molecule has 116 valence electrons. The number of fused-ring (bicyclic) bond motifs is 1. The van der Waals surface area contributed by atoms with E-state index in [2.05, 4.69) is 10.8 Å². The predicted octanol–water partition coefficient (Wildman–Crippen LogP) is 3.76. The fraction of sp³-hybridized carbons (Fsp3) is 0.294. The second-order valence-corrected chi connectivity index (χ2v) is 8.03. The molecule has 0 radical (unpaired) electrons. The number of hydrogen-bond acceptors (Lipinski definition) is 3. The topological polar surface area (TPSA) is 46.2 Å². The molecule has 1 N–H and O–H groups in total. The van der Waals surface area contributed by atoms with E-state index in [1.54, 1.807) is 23.9 Å². The maximum atomic E-state index is 12.6. The van der Waals surface area contributed by atoms with Gasteiger partial charge in [0.25, 0.3) is 0 Å². The molecule has 0 aromatic heterocycles. The van der Waals surface area contributed by atoms with Gasteiger partial charge < -0.3 is 0 Å². The first-order chi connectivity index (χ1) is 10.6. The minimum Gasteiger partial charge on any atom is -0.207 e. The van der Waals surface area contributed by atoms with E-state index in [4.69, 9.17) is 0 Å². The standard InChI is InChI=1S/C17H19NO2S2/c1-21-14-9-11-15(12-10-14)22(19,20)18-17-8-4-6-13-5-2-3-7-16(13)17/h2-3,5,7,9-12,17-18H,4,6,8H2,1H3. The van der Waals surface area contributed by atoms with Crippen LogP contribution >= 0.6 is 11.8 Å². The number of thioether (sulfide) groups is 1. The Labute approximate surface area is 136 Å². The monoisotopic (exact) mass is 333 g/mol. The molecule has 3 rings (SSSR count). The average Bonchev–Trinajstić information content (AvgIpc) is 2.55. The zero-order valence-electron chi connectivity index (χ0n) is 12.5. The van der Waals surface area contributed by atoms with E-state index in [1.807, 2.05) is 36.6 Å². The van der Waals surface area contributed by atoms with Gasteiger partial charge in [-0.25, -0.2) is 13.1 Å². The molecule has 0 fully saturated rings. The van der Waals surface area contributed by atoms with Crippen LogP contribution in [0.4, 0.5) is 0 Å².